The maximum atomic E-state index is 14.3. The lowest BCUT2D eigenvalue weighted by molar-refractivity contribution is -0.266. The summed E-state index contributed by atoms with van der Waals surface area (Å²) < 4.78 is 48.6. The Balaban J connectivity index is 1.72. The summed E-state index contributed by atoms with van der Waals surface area (Å²) in [6, 6.07) is 10.8. The predicted octanol–water partition coefficient (Wildman–Crippen LogP) is 6.81. The molecular formula is C26H27F3N2O2S. The fourth-order valence-electron chi connectivity index (χ4n) is 4.60. The van der Waals surface area contributed by atoms with Crippen molar-refractivity contribution in [1.29, 1.82) is 0 Å². The third-order valence-electron chi connectivity index (χ3n) is 6.33. The number of H-pyrrole nitrogens is 1. The van der Waals surface area contributed by atoms with Crippen LogP contribution < -0.4 is 4.74 Å². The fourth-order valence-corrected chi connectivity index (χ4v) is 5.26. The first-order valence-electron chi connectivity index (χ1n) is 10.9. The Morgan fingerprint density at radius 3 is 2.47 bits per heavy atom. The standard InChI is InChI=1S/C26H27F3N2O2S/c1-16-20-12-19(31-22(20)7-9-30-16)13-25(32,26(27,28)29)15-24(2,3)21-11-17(5-6-23(21)33-4)18-8-10-34-14-18/h5-12,14,31-32H,13,15H2,1-4H3. The number of benzene rings is 1. The lowest BCUT2D eigenvalue weighted by atomic mass is 9.72. The highest BCUT2D eigenvalue weighted by molar-refractivity contribution is 7.08. The normalized spacial score (nSPS) is 14.4. The third-order valence-corrected chi connectivity index (χ3v) is 7.01. The molecule has 180 valence electrons. The van der Waals surface area contributed by atoms with E-state index in [2.05, 4.69) is 9.97 Å². The van der Waals surface area contributed by atoms with Crippen LogP contribution in [0, 0.1) is 6.92 Å². The molecule has 4 aromatic rings. The number of hydrogen-bond donors (Lipinski definition) is 2. The summed E-state index contributed by atoms with van der Waals surface area (Å²) >= 11 is 1.55. The number of nitrogens with zero attached hydrogens (tertiary/aromatic N) is 1. The molecule has 2 N–H and O–H groups in total. The van der Waals surface area contributed by atoms with E-state index in [1.807, 2.05) is 29.0 Å². The molecule has 4 nitrogen and oxygen atoms in total. The van der Waals surface area contributed by atoms with Crippen molar-refractivity contribution in [3.8, 4) is 16.9 Å². The first kappa shape index (κ1) is 24.3. The number of nitrogens with one attached hydrogen (secondary N) is 1. The lowest BCUT2D eigenvalue weighted by Crippen LogP contribution is -2.51. The molecule has 0 amide bonds. The average Bonchev–Trinajstić information content (AvgIpc) is 3.42. The molecule has 3 aromatic heterocycles. The van der Waals surface area contributed by atoms with Crippen LogP contribution in [0.1, 0.15) is 37.2 Å². The molecule has 0 saturated heterocycles. The van der Waals surface area contributed by atoms with E-state index in [4.69, 9.17) is 4.74 Å². The molecule has 4 rings (SSSR count). The van der Waals surface area contributed by atoms with Gasteiger partial charge >= 0.3 is 6.18 Å². The van der Waals surface area contributed by atoms with Crippen LogP contribution in [-0.4, -0.2) is 34.0 Å². The molecular weight excluding hydrogens is 461 g/mol. The number of halogens is 3. The molecule has 0 aliphatic carbocycles. The van der Waals surface area contributed by atoms with Crippen LogP contribution in [0.4, 0.5) is 13.2 Å². The van der Waals surface area contributed by atoms with Gasteiger partial charge in [-0.2, -0.15) is 24.5 Å². The highest BCUT2D eigenvalue weighted by Crippen LogP contribution is 2.46. The monoisotopic (exact) mass is 488 g/mol. The number of aryl methyl sites for hydroxylation is 1. The van der Waals surface area contributed by atoms with Gasteiger partial charge < -0.3 is 14.8 Å². The minimum atomic E-state index is -4.84. The Labute approximate surface area is 200 Å². The quantitative estimate of drug-likeness (QED) is 0.300. The van der Waals surface area contributed by atoms with Gasteiger partial charge in [-0.05, 0) is 71.0 Å². The highest BCUT2D eigenvalue weighted by atomic mass is 32.1. The Kier molecular flexibility index (Phi) is 6.25. The van der Waals surface area contributed by atoms with Crippen molar-refractivity contribution in [2.75, 3.05) is 7.11 Å². The van der Waals surface area contributed by atoms with Gasteiger partial charge in [-0.15, -0.1) is 0 Å². The van der Waals surface area contributed by atoms with Crippen LogP contribution in [0.25, 0.3) is 22.0 Å². The molecule has 0 fully saturated rings. The van der Waals surface area contributed by atoms with Gasteiger partial charge in [0.25, 0.3) is 0 Å². The molecule has 8 heteroatoms. The van der Waals surface area contributed by atoms with Gasteiger partial charge in [0.1, 0.15) is 5.75 Å². The van der Waals surface area contributed by atoms with Gasteiger partial charge in [-0.3, -0.25) is 4.98 Å². The Morgan fingerprint density at radius 1 is 1.09 bits per heavy atom. The van der Waals surface area contributed by atoms with Crippen LogP contribution in [0.3, 0.4) is 0 Å². The maximum absolute atomic E-state index is 14.3. The van der Waals surface area contributed by atoms with E-state index in [0.717, 1.165) is 16.5 Å². The molecule has 0 spiro atoms. The number of aromatic amines is 1. The van der Waals surface area contributed by atoms with Gasteiger partial charge in [-0.1, -0.05) is 19.9 Å². The minimum Gasteiger partial charge on any atom is -0.496 e. The number of rotatable bonds is 7. The highest BCUT2D eigenvalue weighted by Gasteiger charge is 2.56. The topological polar surface area (TPSA) is 58.1 Å². The van der Waals surface area contributed by atoms with E-state index in [0.29, 0.717) is 28.2 Å². The number of methoxy groups -OCH3 is 1. The van der Waals surface area contributed by atoms with Crippen molar-refractivity contribution in [2.45, 2.75) is 50.8 Å². The SMILES string of the molecule is COc1ccc(-c2ccsc2)cc1C(C)(C)CC(O)(Cc1cc2c(C)nccc2[nH]1)C(F)(F)F. The molecule has 1 unspecified atom stereocenters. The van der Waals surface area contributed by atoms with E-state index >= 15 is 0 Å². The second-order valence-electron chi connectivity index (χ2n) is 9.35. The number of fused-ring (bicyclic) bond motifs is 1. The van der Waals surface area contributed by atoms with Crippen LogP contribution in [0.15, 0.2) is 53.4 Å². The van der Waals surface area contributed by atoms with Crippen molar-refractivity contribution in [2.24, 2.45) is 0 Å². The van der Waals surface area contributed by atoms with E-state index in [-0.39, 0.29) is 0 Å². The molecule has 0 radical (unpaired) electrons. The number of aliphatic hydroxyl groups is 1. The molecule has 0 aliphatic rings. The summed E-state index contributed by atoms with van der Waals surface area (Å²) in [7, 11) is 1.50. The fraction of sp³-hybridized carbons (Fsp3) is 0.346. The van der Waals surface area contributed by atoms with Crippen molar-refractivity contribution in [3.05, 3.63) is 70.3 Å². The van der Waals surface area contributed by atoms with E-state index in [1.165, 1.54) is 7.11 Å². The summed E-state index contributed by atoms with van der Waals surface area (Å²) in [4.78, 5) is 7.21. The van der Waals surface area contributed by atoms with Crippen molar-refractivity contribution in [1.82, 2.24) is 9.97 Å². The zero-order chi connectivity index (χ0) is 24.7. The van der Waals surface area contributed by atoms with Crippen molar-refractivity contribution < 1.29 is 23.0 Å². The van der Waals surface area contributed by atoms with Gasteiger partial charge in [0.05, 0.1) is 7.11 Å². The van der Waals surface area contributed by atoms with E-state index in [1.54, 1.807) is 56.5 Å². The average molecular weight is 489 g/mol. The van der Waals surface area contributed by atoms with Gasteiger partial charge in [0.15, 0.2) is 5.60 Å². The Bertz CT molecular complexity index is 1300. The second-order valence-corrected chi connectivity index (χ2v) is 10.1. The minimum absolute atomic E-state index is 0.306. The third kappa shape index (κ3) is 4.57. The first-order chi connectivity index (χ1) is 15.9. The molecule has 1 atom stereocenters. The first-order valence-corrected chi connectivity index (χ1v) is 11.8. The zero-order valence-electron chi connectivity index (χ0n) is 19.5. The smallest absolute Gasteiger partial charge is 0.417 e. The number of alkyl halides is 3. The molecule has 1 aromatic carbocycles. The van der Waals surface area contributed by atoms with Crippen LogP contribution >= 0.6 is 11.3 Å². The molecule has 3 heterocycles. The van der Waals surface area contributed by atoms with E-state index in [9.17, 15) is 18.3 Å². The van der Waals surface area contributed by atoms with E-state index < -0.39 is 30.0 Å². The maximum Gasteiger partial charge on any atom is 0.417 e. The molecule has 0 aliphatic heterocycles. The summed E-state index contributed by atoms with van der Waals surface area (Å²) in [6.45, 7) is 5.21. The second kappa shape index (κ2) is 8.74. The lowest BCUT2D eigenvalue weighted by Gasteiger charge is -2.38. The van der Waals surface area contributed by atoms with Gasteiger partial charge in [-0.25, -0.2) is 0 Å². The van der Waals surface area contributed by atoms with Gasteiger partial charge in [0, 0.05) is 40.5 Å². The van der Waals surface area contributed by atoms with Crippen molar-refractivity contribution >= 4 is 22.2 Å². The summed E-state index contributed by atoms with van der Waals surface area (Å²) in [5, 5.41) is 15.8. The largest absolute Gasteiger partial charge is 0.496 e. The summed E-state index contributed by atoms with van der Waals surface area (Å²) in [6.07, 6.45) is -4.38. The number of thiophene rings is 1. The van der Waals surface area contributed by atoms with Gasteiger partial charge in [0.2, 0.25) is 0 Å². The van der Waals surface area contributed by atoms with Crippen LogP contribution in [0.5, 0.6) is 5.75 Å². The zero-order valence-corrected chi connectivity index (χ0v) is 20.3. The summed E-state index contributed by atoms with van der Waals surface area (Å²) in [5.41, 5.74) is 0.186. The van der Waals surface area contributed by atoms with Crippen LogP contribution in [0.2, 0.25) is 0 Å². The number of aromatic nitrogens is 2. The Hall–Kier alpha value is -2.84. The van der Waals surface area contributed by atoms with Crippen LogP contribution in [-0.2, 0) is 11.8 Å². The summed E-state index contributed by atoms with van der Waals surface area (Å²) in [5.74, 6) is 0.487. The number of pyridine rings is 1. The Morgan fingerprint density at radius 2 is 1.85 bits per heavy atom. The number of hydrogen-bond acceptors (Lipinski definition) is 4. The number of ether oxygens (including phenoxy) is 1. The predicted molar refractivity (Wildman–Crippen MR) is 129 cm³/mol. The molecule has 0 saturated carbocycles. The molecule has 34 heavy (non-hydrogen) atoms. The van der Waals surface area contributed by atoms with Crippen molar-refractivity contribution in [3.63, 3.8) is 0 Å². The molecule has 0 bridgehead atoms.